The van der Waals surface area contributed by atoms with Crippen molar-refractivity contribution in [3.63, 3.8) is 0 Å². The summed E-state index contributed by atoms with van der Waals surface area (Å²) in [5.74, 6) is 1.09. The van der Waals surface area contributed by atoms with Gasteiger partial charge in [-0.3, -0.25) is 4.79 Å². The predicted octanol–water partition coefficient (Wildman–Crippen LogP) is 4.98. The van der Waals surface area contributed by atoms with Gasteiger partial charge in [0.05, 0.1) is 30.3 Å². The summed E-state index contributed by atoms with van der Waals surface area (Å²) in [5.41, 5.74) is 4.17. The first kappa shape index (κ1) is 21.3. The van der Waals surface area contributed by atoms with Gasteiger partial charge in [-0.25, -0.2) is 5.43 Å². The van der Waals surface area contributed by atoms with Crippen LogP contribution in [0.25, 0.3) is 0 Å². The van der Waals surface area contributed by atoms with Crippen LogP contribution in [0.2, 0.25) is 5.02 Å². The van der Waals surface area contributed by atoms with Gasteiger partial charge in [-0.15, -0.1) is 0 Å². The fourth-order valence-electron chi connectivity index (χ4n) is 2.28. The molecule has 0 aromatic heterocycles. The lowest BCUT2D eigenvalue weighted by atomic mass is 10.1. The average Bonchev–Trinajstić information content (AvgIpc) is 2.63. The number of benzene rings is 2. The molecule has 0 fully saturated rings. The van der Waals surface area contributed by atoms with E-state index in [4.69, 9.17) is 21.1 Å². The first-order valence-corrected chi connectivity index (χ1v) is 9.86. The quantitative estimate of drug-likeness (QED) is 0.430. The molecule has 2 rings (SSSR count). The summed E-state index contributed by atoms with van der Waals surface area (Å²) >= 11 is 9.34. The predicted molar refractivity (Wildman–Crippen MR) is 112 cm³/mol. The second kappa shape index (κ2) is 10.9. The lowest BCUT2D eigenvalue weighted by molar-refractivity contribution is -0.120. The van der Waals surface area contributed by atoms with E-state index >= 15 is 0 Å². The number of rotatable bonds is 9. The van der Waals surface area contributed by atoms with Crippen LogP contribution in [0.1, 0.15) is 31.4 Å². The van der Waals surface area contributed by atoms with Crippen LogP contribution >= 0.6 is 27.5 Å². The van der Waals surface area contributed by atoms with Crippen molar-refractivity contribution in [1.82, 2.24) is 5.43 Å². The Morgan fingerprint density at radius 2 is 1.96 bits per heavy atom. The molecule has 0 spiro atoms. The van der Waals surface area contributed by atoms with Crippen molar-refractivity contribution in [1.29, 1.82) is 0 Å². The molecule has 0 heterocycles. The number of carbonyl (C=O) groups excluding carboxylic acids is 1. The van der Waals surface area contributed by atoms with Gasteiger partial charge < -0.3 is 9.47 Å². The molecule has 0 saturated carbocycles. The topological polar surface area (TPSA) is 59.9 Å². The zero-order chi connectivity index (χ0) is 19.6. The number of hydrazone groups is 1. The number of nitrogens with one attached hydrogen (secondary N) is 1. The Bertz CT molecular complexity index is 795. The standard InChI is InChI=1S/C20H22BrClN2O3/c1-3-9-27-20-17(21)10-15(11-18(20)26-4-2)13-23-24-19(25)12-14-5-7-16(22)8-6-14/h5-8,10-11,13H,3-4,9,12H2,1-2H3,(H,24,25)/b23-13-. The summed E-state index contributed by atoms with van der Waals surface area (Å²) in [6, 6.07) is 10.8. The third kappa shape index (κ3) is 6.88. The van der Waals surface area contributed by atoms with Gasteiger partial charge in [0, 0.05) is 5.02 Å². The molecular weight excluding hydrogens is 432 g/mol. The van der Waals surface area contributed by atoms with Crippen molar-refractivity contribution in [3.05, 3.63) is 57.0 Å². The van der Waals surface area contributed by atoms with Crippen molar-refractivity contribution in [2.45, 2.75) is 26.7 Å². The molecule has 0 bridgehead atoms. The van der Waals surface area contributed by atoms with Gasteiger partial charge in [-0.05, 0) is 64.7 Å². The Balaban J connectivity index is 2.02. The van der Waals surface area contributed by atoms with E-state index in [0.717, 1.165) is 22.0 Å². The highest BCUT2D eigenvalue weighted by Crippen LogP contribution is 2.36. The Hall–Kier alpha value is -2.05. The highest BCUT2D eigenvalue weighted by atomic mass is 79.9. The summed E-state index contributed by atoms with van der Waals surface area (Å²) < 4.78 is 12.2. The van der Waals surface area contributed by atoms with Crippen LogP contribution in [0.4, 0.5) is 0 Å². The smallest absolute Gasteiger partial charge is 0.244 e. The van der Waals surface area contributed by atoms with E-state index in [1.54, 1.807) is 18.3 Å². The molecule has 0 unspecified atom stereocenters. The van der Waals surface area contributed by atoms with Gasteiger partial charge in [-0.2, -0.15) is 5.10 Å². The van der Waals surface area contributed by atoms with Crippen LogP contribution in [-0.4, -0.2) is 25.3 Å². The molecule has 27 heavy (non-hydrogen) atoms. The highest BCUT2D eigenvalue weighted by molar-refractivity contribution is 9.10. The largest absolute Gasteiger partial charge is 0.490 e. The summed E-state index contributed by atoms with van der Waals surface area (Å²) in [4.78, 5) is 12.0. The van der Waals surface area contributed by atoms with Gasteiger partial charge >= 0.3 is 0 Å². The summed E-state index contributed by atoms with van der Waals surface area (Å²) in [6.45, 7) is 5.08. The molecule has 0 radical (unpaired) electrons. The Morgan fingerprint density at radius 1 is 1.22 bits per heavy atom. The summed E-state index contributed by atoms with van der Waals surface area (Å²) in [7, 11) is 0. The molecule has 5 nitrogen and oxygen atoms in total. The maximum atomic E-state index is 12.0. The molecule has 1 N–H and O–H groups in total. The SMILES string of the molecule is CCCOc1c(Br)cc(/C=N\NC(=O)Cc2ccc(Cl)cc2)cc1OCC. The second-order valence-corrected chi connectivity index (χ2v) is 7.00. The third-order valence-electron chi connectivity index (χ3n) is 3.46. The lowest BCUT2D eigenvalue weighted by Gasteiger charge is -2.14. The van der Waals surface area contributed by atoms with E-state index in [2.05, 4.69) is 26.5 Å². The molecule has 2 aromatic carbocycles. The maximum Gasteiger partial charge on any atom is 0.244 e. The fourth-order valence-corrected chi connectivity index (χ4v) is 2.98. The molecule has 0 aliphatic carbocycles. The number of ether oxygens (including phenoxy) is 2. The molecule has 7 heteroatoms. The van der Waals surface area contributed by atoms with Crippen molar-refractivity contribution in [2.24, 2.45) is 5.10 Å². The Labute approximate surface area is 172 Å². The van der Waals surface area contributed by atoms with E-state index < -0.39 is 0 Å². The number of hydrogen-bond donors (Lipinski definition) is 1. The molecule has 144 valence electrons. The molecular formula is C20H22BrClN2O3. The lowest BCUT2D eigenvalue weighted by Crippen LogP contribution is -2.19. The average molecular weight is 454 g/mol. The minimum Gasteiger partial charge on any atom is -0.490 e. The Morgan fingerprint density at radius 3 is 2.63 bits per heavy atom. The van der Waals surface area contributed by atoms with Crippen molar-refractivity contribution < 1.29 is 14.3 Å². The number of hydrogen-bond acceptors (Lipinski definition) is 4. The van der Waals surface area contributed by atoms with Gasteiger partial charge in [0.1, 0.15) is 0 Å². The van der Waals surface area contributed by atoms with Crippen LogP contribution in [0.15, 0.2) is 46.0 Å². The van der Waals surface area contributed by atoms with Gasteiger partial charge in [0.2, 0.25) is 5.91 Å². The number of halogens is 2. The zero-order valence-corrected chi connectivity index (χ0v) is 17.6. The summed E-state index contributed by atoms with van der Waals surface area (Å²) in [6.07, 6.45) is 2.70. The molecule has 0 saturated heterocycles. The van der Waals surface area contributed by atoms with E-state index in [1.807, 2.05) is 38.1 Å². The number of carbonyl (C=O) groups is 1. The molecule has 0 aliphatic rings. The van der Waals surface area contributed by atoms with Gasteiger partial charge in [-0.1, -0.05) is 30.7 Å². The molecule has 0 atom stereocenters. The number of amides is 1. The summed E-state index contributed by atoms with van der Waals surface area (Å²) in [5, 5.41) is 4.66. The van der Waals surface area contributed by atoms with Crippen molar-refractivity contribution in [2.75, 3.05) is 13.2 Å². The normalized spacial score (nSPS) is 10.8. The van der Waals surface area contributed by atoms with E-state index in [9.17, 15) is 4.79 Å². The highest BCUT2D eigenvalue weighted by Gasteiger charge is 2.11. The van der Waals surface area contributed by atoms with Crippen LogP contribution in [0.3, 0.4) is 0 Å². The second-order valence-electron chi connectivity index (χ2n) is 5.71. The minimum absolute atomic E-state index is 0.208. The van der Waals surface area contributed by atoms with Crippen LogP contribution in [-0.2, 0) is 11.2 Å². The monoisotopic (exact) mass is 452 g/mol. The van der Waals surface area contributed by atoms with Crippen molar-refractivity contribution >= 4 is 39.7 Å². The van der Waals surface area contributed by atoms with E-state index in [0.29, 0.717) is 29.7 Å². The maximum absolute atomic E-state index is 12.0. The van der Waals surface area contributed by atoms with Crippen LogP contribution < -0.4 is 14.9 Å². The van der Waals surface area contributed by atoms with E-state index in [1.165, 1.54) is 0 Å². The Kier molecular flexibility index (Phi) is 8.61. The van der Waals surface area contributed by atoms with Gasteiger partial charge in [0.25, 0.3) is 0 Å². The minimum atomic E-state index is -0.208. The fraction of sp³-hybridized carbons (Fsp3) is 0.300. The van der Waals surface area contributed by atoms with Crippen LogP contribution in [0, 0.1) is 0 Å². The molecule has 0 aliphatic heterocycles. The molecule has 2 aromatic rings. The first-order valence-electron chi connectivity index (χ1n) is 8.69. The third-order valence-corrected chi connectivity index (χ3v) is 4.30. The number of nitrogens with zero attached hydrogens (tertiary/aromatic N) is 1. The van der Waals surface area contributed by atoms with Crippen molar-refractivity contribution in [3.8, 4) is 11.5 Å². The van der Waals surface area contributed by atoms with E-state index in [-0.39, 0.29) is 12.3 Å². The first-order chi connectivity index (χ1) is 13.0. The molecule has 1 amide bonds. The van der Waals surface area contributed by atoms with Gasteiger partial charge in [0.15, 0.2) is 11.5 Å². The van der Waals surface area contributed by atoms with Crippen LogP contribution in [0.5, 0.6) is 11.5 Å². The zero-order valence-electron chi connectivity index (χ0n) is 15.3.